The summed E-state index contributed by atoms with van der Waals surface area (Å²) in [6.07, 6.45) is 1.44. The average Bonchev–Trinajstić information content (AvgIpc) is 3.24. The van der Waals surface area contributed by atoms with Gasteiger partial charge in [-0.25, -0.2) is 8.42 Å². The zero-order valence-corrected chi connectivity index (χ0v) is 15.8. The van der Waals surface area contributed by atoms with Gasteiger partial charge in [0.1, 0.15) is 4.21 Å². The van der Waals surface area contributed by atoms with Crippen LogP contribution in [0.1, 0.15) is 22.6 Å². The van der Waals surface area contributed by atoms with E-state index in [2.05, 4.69) is 5.32 Å². The van der Waals surface area contributed by atoms with E-state index in [9.17, 15) is 13.2 Å². The Kier molecular flexibility index (Phi) is 5.39. The standard InChI is InChI=1S/C16H20N2O3S3/c1-12-6-7-15(23-12)24(20,21)18-8-2-4-13(11-18)16(19)17-10-14-5-3-9-22-14/h3,5-7,9,13H,2,4,8,10-11H2,1H3,(H,17,19). The summed E-state index contributed by atoms with van der Waals surface area (Å²) < 4.78 is 27.3. The van der Waals surface area contributed by atoms with Crippen molar-refractivity contribution in [2.75, 3.05) is 13.1 Å². The smallest absolute Gasteiger partial charge is 0.252 e. The van der Waals surface area contributed by atoms with Gasteiger partial charge in [-0.15, -0.1) is 22.7 Å². The molecule has 24 heavy (non-hydrogen) atoms. The van der Waals surface area contributed by atoms with Crippen molar-refractivity contribution in [2.24, 2.45) is 5.92 Å². The van der Waals surface area contributed by atoms with Gasteiger partial charge in [0, 0.05) is 22.8 Å². The molecule has 0 saturated carbocycles. The van der Waals surface area contributed by atoms with Crippen molar-refractivity contribution < 1.29 is 13.2 Å². The Hall–Kier alpha value is -1.22. The van der Waals surface area contributed by atoms with Crippen molar-refractivity contribution in [2.45, 2.75) is 30.5 Å². The molecule has 8 heteroatoms. The third-order valence-corrected chi connectivity index (χ3v) is 8.29. The van der Waals surface area contributed by atoms with Crippen LogP contribution in [0.15, 0.2) is 33.9 Å². The van der Waals surface area contributed by atoms with E-state index in [1.165, 1.54) is 15.6 Å². The molecule has 1 amide bonds. The second-order valence-corrected chi connectivity index (χ2v) is 10.3. The number of rotatable bonds is 5. The van der Waals surface area contributed by atoms with Crippen LogP contribution in [-0.2, 0) is 21.4 Å². The Morgan fingerprint density at radius 1 is 1.38 bits per heavy atom. The van der Waals surface area contributed by atoms with Crippen LogP contribution < -0.4 is 5.32 Å². The van der Waals surface area contributed by atoms with Gasteiger partial charge in [-0.1, -0.05) is 6.07 Å². The Morgan fingerprint density at radius 3 is 2.88 bits per heavy atom. The van der Waals surface area contributed by atoms with Crippen LogP contribution in [0.2, 0.25) is 0 Å². The van der Waals surface area contributed by atoms with Gasteiger partial charge in [-0.05, 0) is 43.3 Å². The highest BCUT2D eigenvalue weighted by atomic mass is 32.2. The van der Waals surface area contributed by atoms with Gasteiger partial charge in [0.25, 0.3) is 10.0 Å². The largest absolute Gasteiger partial charge is 0.351 e. The number of aryl methyl sites for hydroxylation is 1. The third kappa shape index (κ3) is 3.88. The molecule has 1 atom stereocenters. The Labute approximate surface area is 150 Å². The SMILES string of the molecule is Cc1ccc(S(=O)(=O)N2CCCC(C(=O)NCc3cccs3)C2)s1. The van der Waals surface area contributed by atoms with E-state index in [4.69, 9.17) is 0 Å². The number of nitrogens with zero attached hydrogens (tertiary/aromatic N) is 1. The Morgan fingerprint density at radius 2 is 2.21 bits per heavy atom. The molecule has 0 aromatic carbocycles. The summed E-state index contributed by atoms with van der Waals surface area (Å²) in [4.78, 5) is 14.4. The molecule has 1 unspecified atom stereocenters. The monoisotopic (exact) mass is 384 g/mol. The lowest BCUT2D eigenvalue weighted by atomic mass is 9.99. The van der Waals surface area contributed by atoms with Crippen molar-refractivity contribution in [1.82, 2.24) is 9.62 Å². The van der Waals surface area contributed by atoms with Gasteiger partial charge in [-0.2, -0.15) is 4.31 Å². The maximum Gasteiger partial charge on any atom is 0.252 e. The zero-order valence-electron chi connectivity index (χ0n) is 13.4. The highest BCUT2D eigenvalue weighted by molar-refractivity contribution is 7.91. The van der Waals surface area contributed by atoms with Crippen LogP contribution in [0.4, 0.5) is 0 Å². The first-order valence-electron chi connectivity index (χ1n) is 7.83. The normalized spacial score (nSPS) is 19.3. The molecular formula is C16H20N2O3S3. The van der Waals surface area contributed by atoms with E-state index >= 15 is 0 Å². The van der Waals surface area contributed by atoms with Crippen LogP contribution in [0, 0.1) is 12.8 Å². The molecule has 3 rings (SSSR count). The van der Waals surface area contributed by atoms with Crippen LogP contribution in [0.25, 0.3) is 0 Å². The minimum absolute atomic E-state index is 0.0642. The second kappa shape index (κ2) is 7.35. The summed E-state index contributed by atoms with van der Waals surface area (Å²) in [5.74, 6) is -0.347. The molecule has 1 aliphatic heterocycles. The maximum atomic E-state index is 12.7. The van der Waals surface area contributed by atoms with Crippen LogP contribution in [0.5, 0.6) is 0 Å². The van der Waals surface area contributed by atoms with E-state index in [0.29, 0.717) is 23.7 Å². The molecule has 0 bridgehead atoms. The molecule has 1 N–H and O–H groups in total. The number of nitrogens with one attached hydrogen (secondary N) is 1. The highest BCUT2D eigenvalue weighted by Gasteiger charge is 2.33. The summed E-state index contributed by atoms with van der Waals surface area (Å²) in [5.41, 5.74) is 0. The maximum absolute atomic E-state index is 12.7. The summed E-state index contributed by atoms with van der Waals surface area (Å²) in [7, 11) is -3.49. The molecule has 0 aliphatic carbocycles. The molecule has 5 nitrogen and oxygen atoms in total. The molecule has 1 saturated heterocycles. The zero-order chi connectivity index (χ0) is 17.2. The topological polar surface area (TPSA) is 66.5 Å². The van der Waals surface area contributed by atoms with E-state index < -0.39 is 10.0 Å². The van der Waals surface area contributed by atoms with Crippen LogP contribution in [0.3, 0.4) is 0 Å². The van der Waals surface area contributed by atoms with E-state index in [1.54, 1.807) is 17.4 Å². The molecule has 130 valence electrons. The number of sulfonamides is 1. The average molecular weight is 385 g/mol. The predicted molar refractivity (Wildman–Crippen MR) is 96.7 cm³/mol. The van der Waals surface area contributed by atoms with Crippen molar-refractivity contribution in [3.63, 3.8) is 0 Å². The van der Waals surface area contributed by atoms with Crippen molar-refractivity contribution >= 4 is 38.6 Å². The van der Waals surface area contributed by atoms with Gasteiger partial charge in [0.15, 0.2) is 0 Å². The lowest BCUT2D eigenvalue weighted by molar-refractivity contribution is -0.126. The highest BCUT2D eigenvalue weighted by Crippen LogP contribution is 2.28. The molecule has 0 radical (unpaired) electrons. The number of hydrogen-bond acceptors (Lipinski definition) is 5. The molecule has 0 spiro atoms. The van der Waals surface area contributed by atoms with Gasteiger partial charge >= 0.3 is 0 Å². The molecule has 3 heterocycles. The number of hydrogen-bond donors (Lipinski definition) is 1. The second-order valence-electron chi connectivity index (χ2n) is 5.86. The van der Waals surface area contributed by atoms with Crippen LogP contribution >= 0.6 is 22.7 Å². The Balaban J connectivity index is 1.64. The lowest BCUT2D eigenvalue weighted by Crippen LogP contribution is -2.45. The van der Waals surface area contributed by atoms with Crippen molar-refractivity contribution in [1.29, 1.82) is 0 Å². The summed E-state index contributed by atoms with van der Waals surface area (Å²) in [6.45, 7) is 3.13. The Bertz CT molecular complexity index is 796. The number of thiophene rings is 2. The number of amides is 1. The number of piperidine rings is 1. The summed E-state index contributed by atoms with van der Waals surface area (Å²) >= 11 is 2.87. The summed E-state index contributed by atoms with van der Waals surface area (Å²) in [6, 6.07) is 7.38. The first-order valence-corrected chi connectivity index (χ1v) is 11.0. The van der Waals surface area contributed by atoms with Crippen molar-refractivity contribution in [3.05, 3.63) is 39.4 Å². The fourth-order valence-corrected chi connectivity index (χ4v) is 6.39. The molecule has 1 aliphatic rings. The number of carbonyl (C=O) groups excluding carboxylic acids is 1. The quantitative estimate of drug-likeness (QED) is 0.862. The van der Waals surface area contributed by atoms with Gasteiger partial charge in [-0.3, -0.25) is 4.79 Å². The van der Waals surface area contributed by atoms with Crippen LogP contribution in [-0.4, -0.2) is 31.7 Å². The van der Waals surface area contributed by atoms with Crippen molar-refractivity contribution in [3.8, 4) is 0 Å². The summed E-state index contributed by atoms with van der Waals surface area (Å²) in [5, 5.41) is 4.89. The lowest BCUT2D eigenvalue weighted by Gasteiger charge is -2.30. The van der Waals surface area contributed by atoms with Gasteiger partial charge in [0.2, 0.25) is 5.91 Å². The fraction of sp³-hybridized carbons (Fsp3) is 0.438. The van der Waals surface area contributed by atoms with E-state index in [0.717, 1.165) is 16.2 Å². The molecule has 2 aromatic rings. The van der Waals surface area contributed by atoms with Gasteiger partial charge in [0.05, 0.1) is 12.5 Å². The molecule has 2 aromatic heterocycles. The first-order chi connectivity index (χ1) is 11.5. The van der Waals surface area contributed by atoms with Gasteiger partial charge < -0.3 is 5.32 Å². The predicted octanol–water partition coefficient (Wildman–Crippen LogP) is 2.84. The first kappa shape index (κ1) is 17.6. The molecule has 1 fully saturated rings. The van der Waals surface area contributed by atoms with E-state index in [-0.39, 0.29) is 18.4 Å². The fourth-order valence-electron chi connectivity index (χ4n) is 2.78. The minimum atomic E-state index is -3.49. The van der Waals surface area contributed by atoms with E-state index in [1.807, 2.05) is 30.5 Å². The molecular weight excluding hydrogens is 364 g/mol. The minimum Gasteiger partial charge on any atom is -0.351 e. The number of carbonyl (C=O) groups is 1. The third-order valence-electron chi connectivity index (χ3n) is 4.08.